The lowest BCUT2D eigenvalue weighted by Crippen LogP contribution is -2.30. The van der Waals surface area contributed by atoms with Crippen LogP contribution in [-0.4, -0.2) is 53.0 Å². The molecule has 0 saturated carbocycles. The van der Waals surface area contributed by atoms with Crippen LogP contribution in [0, 0.1) is 5.82 Å². The average molecular weight is 628 g/mol. The molecule has 6 rings (SSSR count). The monoisotopic (exact) mass is 627 g/mol. The minimum absolute atomic E-state index is 0.161. The topological polar surface area (TPSA) is 116 Å². The van der Waals surface area contributed by atoms with E-state index in [-0.39, 0.29) is 34.1 Å². The first-order valence-electron chi connectivity index (χ1n) is 12.9. The Morgan fingerprint density at radius 1 is 1.09 bits per heavy atom. The lowest BCUT2D eigenvalue weighted by atomic mass is 10.0. The van der Waals surface area contributed by atoms with Gasteiger partial charge in [-0.3, -0.25) is 14.5 Å². The van der Waals surface area contributed by atoms with Gasteiger partial charge in [-0.05, 0) is 42.5 Å². The van der Waals surface area contributed by atoms with E-state index >= 15 is 4.39 Å². The second kappa shape index (κ2) is 11.4. The number of ether oxygens (including phenoxy) is 1. The van der Waals surface area contributed by atoms with Gasteiger partial charge in [0.1, 0.15) is 5.82 Å². The summed E-state index contributed by atoms with van der Waals surface area (Å²) in [5.74, 6) is -4.98. The summed E-state index contributed by atoms with van der Waals surface area (Å²) in [5, 5.41) is 7.48. The molecule has 5 aromatic rings. The minimum Gasteiger partial charge on any atom is -0.377 e. The number of benzene rings is 2. The van der Waals surface area contributed by atoms with Crippen LogP contribution in [-0.2, 0) is 21.1 Å². The van der Waals surface area contributed by atoms with Crippen molar-refractivity contribution in [2.24, 2.45) is 0 Å². The molecule has 0 atom stereocenters. The van der Waals surface area contributed by atoms with Crippen molar-refractivity contribution in [3.05, 3.63) is 95.3 Å². The lowest BCUT2D eigenvalue weighted by Gasteiger charge is -2.25. The van der Waals surface area contributed by atoms with Gasteiger partial charge in [0.25, 0.3) is 5.91 Å². The molecular weight excluding hydrogens is 607 g/mol. The van der Waals surface area contributed by atoms with Crippen LogP contribution < -0.4 is 5.32 Å². The number of halogens is 4. The summed E-state index contributed by atoms with van der Waals surface area (Å²) >= 11 is 5.88. The first kappa shape index (κ1) is 28.8. The fourth-order valence-corrected chi connectivity index (χ4v) is 5.63. The summed E-state index contributed by atoms with van der Waals surface area (Å²) in [6, 6.07) is 13.1. The van der Waals surface area contributed by atoms with E-state index in [4.69, 9.17) is 16.3 Å². The van der Waals surface area contributed by atoms with Crippen molar-refractivity contribution >= 4 is 38.1 Å². The third-order valence-corrected chi connectivity index (χ3v) is 8.52. The number of hydrogen-bond donors (Lipinski definition) is 1. The van der Waals surface area contributed by atoms with E-state index in [2.05, 4.69) is 20.4 Å². The van der Waals surface area contributed by atoms with Crippen molar-refractivity contribution in [2.75, 3.05) is 13.2 Å². The van der Waals surface area contributed by atoms with Gasteiger partial charge in [0, 0.05) is 44.9 Å². The molecule has 4 heterocycles. The molecule has 220 valence electrons. The number of aromatic nitrogens is 4. The molecule has 0 aliphatic carbocycles. The maximum Gasteiger partial charge on any atom is 0.341 e. The van der Waals surface area contributed by atoms with Crippen molar-refractivity contribution in [1.82, 2.24) is 25.1 Å². The molecule has 14 heteroatoms. The van der Waals surface area contributed by atoms with Crippen molar-refractivity contribution in [2.45, 2.75) is 23.2 Å². The molecule has 1 fully saturated rings. The Kier molecular flexibility index (Phi) is 7.63. The number of rotatable bonds is 8. The predicted molar refractivity (Wildman–Crippen MR) is 152 cm³/mol. The van der Waals surface area contributed by atoms with Crippen LogP contribution in [0.2, 0.25) is 5.02 Å². The zero-order chi connectivity index (χ0) is 30.3. The molecule has 1 aliphatic heterocycles. The van der Waals surface area contributed by atoms with Crippen LogP contribution in [0.15, 0.2) is 78.1 Å². The van der Waals surface area contributed by atoms with Gasteiger partial charge in [0.05, 0.1) is 54.0 Å². The van der Waals surface area contributed by atoms with Crippen molar-refractivity contribution < 1.29 is 31.1 Å². The van der Waals surface area contributed by atoms with Gasteiger partial charge in [-0.25, -0.2) is 17.8 Å². The van der Waals surface area contributed by atoms with Crippen LogP contribution in [0.1, 0.15) is 22.1 Å². The molecule has 9 nitrogen and oxygen atoms in total. The fourth-order valence-electron chi connectivity index (χ4n) is 4.54. The van der Waals surface area contributed by atoms with Crippen LogP contribution in [0.25, 0.3) is 33.3 Å². The number of carbonyl (C=O) groups excluding carboxylic acids is 1. The lowest BCUT2D eigenvalue weighted by molar-refractivity contribution is -0.0286. The summed E-state index contributed by atoms with van der Waals surface area (Å²) < 4.78 is 72.6. The summed E-state index contributed by atoms with van der Waals surface area (Å²) in [6.07, 6.45) is 5.04. The maximum absolute atomic E-state index is 15.8. The predicted octanol–water partition coefficient (Wildman–Crippen LogP) is 5.45. The highest BCUT2D eigenvalue weighted by molar-refractivity contribution is 7.91. The Morgan fingerprint density at radius 2 is 1.88 bits per heavy atom. The second-order valence-corrected chi connectivity index (χ2v) is 12.2. The zero-order valence-corrected chi connectivity index (χ0v) is 23.6. The van der Waals surface area contributed by atoms with Crippen LogP contribution >= 0.6 is 11.6 Å². The molecule has 1 saturated heterocycles. The number of amides is 1. The largest absolute Gasteiger partial charge is 0.377 e. The van der Waals surface area contributed by atoms with Crippen LogP contribution in [0.3, 0.4) is 0 Å². The van der Waals surface area contributed by atoms with Crippen molar-refractivity contribution in [3.8, 4) is 22.5 Å². The number of alkyl halides is 2. The van der Waals surface area contributed by atoms with Crippen LogP contribution in [0.5, 0.6) is 0 Å². The molecule has 3 aromatic heterocycles. The average Bonchev–Trinajstić information content (AvgIpc) is 3.44. The van der Waals surface area contributed by atoms with Crippen molar-refractivity contribution in [3.63, 3.8) is 0 Å². The standard InChI is InChI=1S/C29H21ClF3N5O4S/c30-19-6-17(7-22(8-19)43(40,41)29(32)33)28(39)35-12-20-9-24-16(10-34-20)4-5-23(27(24)31)26-3-1-2-25(37-26)18-11-36-38(13-18)21-14-42-15-21/h1-11,13,21,29H,12,14-15H2,(H,35,39). The second-order valence-electron chi connectivity index (χ2n) is 9.80. The summed E-state index contributed by atoms with van der Waals surface area (Å²) in [7, 11) is -4.96. The smallest absolute Gasteiger partial charge is 0.341 e. The van der Waals surface area contributed by atoms with E-state index in [1.165, 1.54) is 12.3 Å². The highest BCUT2D eigenvalue weighted by atomic mass is 35.5. The molecule has 2 aromatic carbocycles. The van der Waals surface area contributed by atoms with E-state index < -0.39 is 32.2 Å². The first-order chi connectivity index (χ1) is 20.6. The highest BCUT2D eigenvalue weighted by Crippen LogP contribution is 2.30. The van der Waals surface area contributed by atoms with E-state index in [1.807, 2.05) is 16.9 Å². The summed E-state index contributed by atoms with van der Waals surface area (Å²) in [5.41, 5.74) is 2.16. The van der Waals surface area contributed by atoms with Crippen molar-refractivity contribution in [1.29, 1.82) is 0 Å². The quantitative estimate of drug-likeness (QED) is 0.243. The fraction of sp³-hybridized carbons (Fsp3) is 0.172. The number of sulfone groups is 1. The van der Waals surface area contributed by atoms with E-state index in [0.29, 0.717) is 35.7 Å². The molecule has 43 heavy (non-hydrogen) atoms. The SMILES string of the molecule is O=C(NCc1cc2c(F)c(-c3cccc(-c4cnn(C5COC5)c4)n3)ccc2cn1)c1cc(Cl)cc(S(=O)(=O)C(F)F)c1. The molecule has 1 aliphatic rings. The van der Waals surface area contributed by atoms with Gasteiger partial charge in [0.2, 0.25) is 9.84 Å². The van der Waals surface area contributed by atoms with E-state index in [9.17, 15) is 22.0 Å². The van der Waals surface area contributed by atoms with E-state index in [1.54, 1.807) is 30.5 Å². The number of hydrogen-bond acceptors (Lipinski definition) is 7. The van der Waals surface area contributed by atoms with Crippen LogP contribution in [0.4, 0.5) is 13.2 Å². The Bertz CT molecular complexity index is 1980. The molecule has 1 N–H and O–H groups in total. The van der Waals surface area contributed by atoms with Gasteiger partial charge in [-0.15, -0.1) is 0 Å². The van der Waals surface area contributed by atoms with Gasteiger partial charge in [-0.2, -0.15) is 13.9 Å². The zero-order valence-electron chi connectivity index (χ0n) is 22.0. The Balaban J connectivity index is 1.23. The van der Waals surface area contributed by atoms with Gasteiger partial charge in [0.15, 0.2) is 0 Å². The molecule has 0 bridgehead atoms. The molecule has 0 spiro atoms. The van der Waals surface area contributed by atoms with Gasteiger partial charge < -0.3 is 10.1 Å². The Morgan fingerprint density at radius 3 is 2.63 bits per heavy atom. The Hall–Kier alpha value is -4.33. The van der Waals surface area contributed by atoms with E-state index in [0.717, 1.165) is 23.8 Å². The number of nitrogens with one attached hydrogen (secondary N) is 1. The normalized spacial score (nSPS) is 13.8. The molecule has 1 amide bonds. The molecule has 0 radical (unpaired) electrons. The number of nitrogens with zero attached hydrogens (tertiary/aromatic N) is 4. The number of carbonyl (C=O) groups is 1. The molecule has 0 unspecified atom stereocenters. The third kappa shape index (κ3) is 5.70. The highest BCUT2D eigenvalue weighted by Gasteiger charge is 2.28. The summed E-state index contributed by atoms with van der Waals surface area (Å²) in [4.78, 5) is 20.9. The summed E-state index contributed by atoms with van der Waals surface area (Å²) in [6.45, 7) is 1.04. The van der Waals surface area contributed by atoms with Gasteiger partial charge >= 0.3 is 5.76 Å². The first-order valence-corrected chi connectivity index (χ1v) is 14.8. The number of fused-ring (bicyclic) bond motifs is 1. The third-order valence-electron chi connectivity index (χ3n) is 6.94. The van der Waals surface area contributed by atoms with Gasteiger partial charge in [-0.1, -0.05) is 23.7 Å². The minimum atomic E-state index is -4.96. The maximum atomic E-state index is 15.8. The number of pyridine rings is 2. The molecular formula is C29H21ClF3N5O4S. The Labute approximate surface area is 248 Å².